The second kappa shape index (κ2) is 7.63. The van der Waals surface area contributed by atoms with E-state index in [0.29, 0.717) is 18.1 Å². The standard InChI is InChI=1S/C16H21NO5S/c1-4-21-14-8-7-12(2)10-16(14)23(18,19)17-11-15(20-3)13-6-5-9-22-13/h5-10,15,17H,4,11H2,1-3H3/t15-/m1/s1. The van der Waals surface area contributed by atoms with Gasteiger partial charge in [0.25, 0.3) is 0 Å². The van der Waals surface area contributed by atoms with Gasteiger partial charge in [0.15, 0.2) is 0 Å². The van der Waals surface area contributed by atoms with E-state index >= 15 is 0 Å². The SMILES string of the molecule is CCOc1ccc(C)cc1S(=O)(=O)NC[C@@H](OC)c1ccco1. The highest BCUT2D eigenvalue weighted by molar-refractivity contribution is 7.89. The van der Waals surface area contributed by atoms with Crippen molar-refractivity contribution in [3.63, 3.8) is 0 Å². The first-order chi connectivity index (χ1) is 11.0. The van der Waals surface area contributed by atoms with Gasteiger partial charge in [-0.1, -0.05) is 6.07 Å². The zero-order valence-corrected chi connectivity index (χ0v) is 14.2. The van der Waals surface area contributed by atoms with E-state index < -0.39 is 16.1 Å². The Bertz CT molecular complexity index is 725. The normalized spacial score (nSPS) is 13.0. The molecular formula is C16H21NO5S. The first kappa shape index (κ1) is 17.5. The molecule has 7 heteroatoms. The van der Waals surface area contributed by atoms with Crippen LogP contribution in [0.2, 0.25) is 0 Å². The average molecular weight is 339 g/mol. The number of benzene rings is 1. The number of ether oxygens (including phenoxy) is 2. The first-order valence-electron chi connectivity index (χ1n) is 7.27. The molecule has 1 aromatic carbocycles. The molecule has 6 nitrogen and oxygen atoms in total. The molecule has 2 rings (SSSR count). The van der Waals surface area contributed by atoms with Crippen molar-refractivity contribution in [3.05, 3.63) is 47.9 Å². The Kier molecular flexibility index (Phi) is 5.81. The number of hydrogen-bond donors (Lipinski definition) is 1. The second-order valence-electron chi connectivity index (χ2n) is 4.97. The summed E-state index contributed by atoms with van der Waals surface area (Å²) in [4.78, 5) is 0.119. The Labute approximate surface area is 136 Å². The van der Waals surface area contributed by atoms with Crippen molar-refractivity contribution in [2.24, 2.45) is 0 Å². The van der Waals surface area contributed by atoms with E-state index in [-0.39, 0.29) is 11.4 Å². The minimum Gasteiger partial charge on any atom is -0.492 e. The molecule has 0 saturated heterocycles. The largest absolute Gasteiger partial charge is 0.492 e. The summed E-state index contributed by atoms with van der Waals surface area (Å²) < 4.78 is 43.7. The number of nitrogens with one attached hydrogen (secondary N) is 1. The molecule has 2 aromatic rings. The lowest BCUT2D eigenvalue weighted by atomic mass is 10.2. The predicted octanol–water partition coefficient (Wildman–Crippen LogP) is 2.65. The smallest absolute Gasteiger partial charge is 0.244 e. The summed E-state index contributed by atoms with van der Waals surface area (Å²) in [5.74, 6) is 0.891. The molecule has 0 aliphatic carbocycles. The third kappa shape index (κ3) is 4.34. The van der Waals surface area contributed by atoms with E-state index in [1.807, 2.05) is 19.9 Å². The van der Waals surface area contributed by atoms with Crippen molar-refractivity contribution in [2.75, 3.05) is 20.3 Å². The van der Waals surface area contributed by atoms with E-state index in [0.717, 1.165) is 5.56 Å². The van der Waals surface area contributed by atoms with Crippen LogP contribution in [0.25, 0.3) is 0 Å². The number of rotatable bonds is 8. The Morgan fingerprint density at radius 3 is 2.70 bits per heavy atom. The van der Waals surface area contributed by atoms with Crippen molar-refractivity contribution in [1.82, 2.24) is 4.72 Å². The lowest BCUT2D eigenvalue weighted by Crippen LogP contribution is -2.29. The Balaban J connectivity index is 2.20. The molecule has 1 heterocycles. The highest BCUT2D eigenvalue weighted by Gasteiger charge is 2.23. The summed E-state index contributed by atoms with van der Waals surface area (Å²) in [6.45, 7) is 4.08. The first-order valence-corrected chi connectivity index (χ1v) is 8.75. The van der Waals surface area contributed by atoms with Crippen molar-refractivity contribution in [2.45, 2.75) is 24.8 Å². The highest BCUT2D eigenvalue weighted by Crippen LogP contribution is 2.25. The molecule has 0 aliphatic rings. The maximum atomic E-state index is 12.6. The molecule has 0 radical (unpaired) electrons. The van der Waals surface area contributed by atoms with Gasteiger partial charge in [-0.25, -0.2) is 13.1 Å². The maximum Gasteiger partial charge on any atom is 0.244 e. The van der Waals surface area contributed by atoms with Gasteiger partial charge in [-0.2, -0.15) is 0 Å². The molecule has 0 fully saturated rings. The Morgan fingerprint density at radius 2 is 2.09 bits per heavy atom. The molecule has 0 unspecified atom stereocenters. The van der Waals surface area contributed by atoms with Crippen LogP contribution in [0.15, 0.2) is 45.9 Å². The Hall–Kier alpha value is -1.83. The minimum atomic E-state index is -3.73. The predicted molar refractivity (Wildman–Crippen MR) is 86.0 cm³/mol. The van der Waals surface area contributed by atoms with Crippen molar-refractivity contribution < 1.29 is 22.3 Å². The second-order valence-corrected chi connectivity index (χ2v) is 6.71. The molecule has 0 saturated carbocycles. The van der Waals surface area contributed by atoms with Gasteiger partial charge < -0.3 is 13.9 Å². The fourth-order valence-electron chi connectivity index (χ4n) is 2.14. The average Bonchev–Trinajstić information content (AvgIpc) is 3.04. The lowest BCUT2D eigenvalue weighted by molar-refractivity contribution is 0.0878. The molecule has 0 spiro atoms. The summed E-state index contributed by atoms with van der Waals surface area (Å²) in [7, 11) is -2.23. The maximum absolute atomic E-state index is 12.6. The molecule has 1 N–H and O–H groups in total. The quantitative estimate of drug-likeness (QED) is 0.800. The van der Waals surface area contributed by atoms with Gasteiger partial charge in [0.05, 0.1) is 12.9 Å². The van der Waals surface area contributed by atoms with Crippen LogP contribution < -0.4 is 9.46 Å². The fraction of sp³-hybridized carbons (Fsp3) is 0.375. The van der Waals surface area contributed by atoms with E-state index in [1.54, 1.807) is 24.3 Å². The molecule has 126 valence electrons. The summed E-state index contributed by atoms with van der Waals surface area (Å²) in [6.07, 6.45) is 1.02. The van der Waals surface area contributed by atoms with Crippen LogP contribution in [0.1, 0.15) is 24.4 Å². The van der Waals surface area contributed by atoms with Crippen LogP contribution in [0, 0.1) is 6.92 Å². The van der Waals surface area contributed by atoms with E-state index in [9.17, 15) is 8.42 Å². The molecule has 0 bridgehead atoms. The number of furan rings is 1. The summed E-state index contributed by atoms with van der Waals surface area (Å²) in [6, 6.07) is 8.52. The lowest BCUT2D eigenvalue weighted by Gasteiger charge is -2.16. The third-order valence-corrected chi connectivity index (χ3v) is 4.74. The van der Waals surface area contributed by atoms with E-state index in [4.69, 9.17) is 13.9 Å². The molecule has 0 aliphatic heterocycles. The van der Waals surface area contributed by atoms with Gasteiger partial charge in [-0.3, -0.25) is 0 Å². The van der Waals surface area contributed by atoms with Gasteiger partial charge >= 0.3 is 0 Å². The molecular weight excluding hydrogens is 318 g/mol. The zero-order chi connectivity index (χ0) is 16.9. The number of sulfonamides is 1. The minimum absolute atomic E-state index is 0.0614. The van der Waals surface area contributed by atoms with Crippen LogP contribution in [0.4, 0.5) is 0 Å². The highest BCUT2D eigenvalue weighted by atomic mass is 32.2. The van der Waals surface area contributed by atoms with E-state index in [1.165, 1.54) is 13.4 Å². The van der Waals surface area contributed by atoms with Gasteiger partial charge in [-0.15, -0.1) is 0 Å². The van der Waals surface area contributed by atoms with Crippen LogP contribution in [-0.2, 0) is 14.8 Å². The van der Waals surface area contributed by atoms with Gasteiger partial charge in [0.1, 0.15) is 22.5 Å². The van der Waals surface area contributed by atoms with E-state index in [2.05, 4.69) is 4.72 Å². The van der Waals surface area contributed by atoms with Crippen molar-refractivity contribution in [1.29, 1.82) is 0 Å². The Morgan fingerprint density at radius 1 is 1.30 bits per heavy atom. The monoisotopic (exact) mass is 339 g/mol. The van der Waals surface area contributed by atoms with Crippen LogP contribution in [-0.4, -0.2) is 28.7 Å². The number of hydrogen-bond acceptors (Lipinski definition) is 5. The van der Waals surface area contributed by atoms with Gasteiger partial charge in [0.2, 0.25) is 10.0 Å². The van der Waals surface area contributed by atoms with Gasteiger partial charge in [-0.05, 0) is 43.7 Å². The van der Waals surface area contributed by atoms with Crippen molar-refractivity contribution >= 4 is 10.0 Å². The third-order valence-electron chi connectivity index (χ3n) is 3.29. The molecule has 1 aromatic heterocycles. The zero-order valence-electron chi connectivity index (χ0n) is 13.4. The summed E-state index contributed by atoms with van der Waals surface area (Å²) in [5, 5.41) is 0. The van der Waals surface area contributed by atoms with Crippen LogP contribution >= 0.6 is 0 Å². The summed E-state index contributed by atoms with van der Waals surface area (Å²) in [5.41, 5.74) is 0.836. The molecule has 1 atom stereocenters. The number of methoxy groups -OCH3 is 1. The summed E-state index contributed by atoms with van der Waals surface area (Å²) >= 11 is 0. The number of aryl methyl sites for hydroxylation is 1. The van der Waals surface area contributed by atoms with Crippen molar-refractivity contribution in [3.8, 4) is 5.75 Å². The van der Waals surface area contributed by atoms with Gasteiger partial charge in [0, 0.05) is 13.7 Å². The van der Waals surface area contributed by atoms with Crippen LogP contribution in [0.3, 0.4) is 0 Å². The van der Waals surface area contributed by atoms with Crippen LogP contribution in [0.5, 0.6) is 5.75 Å². The fourth-order valence-corrected chi connectivity index (χ4v) is 3.40. The topological polar surface area (TPSA) is 77.8 Å². The molecule has 23 heavy (non-hydrogen) atoms. The molecule has 0 amide bonds.